The molecule has 0 unspecified atom stereocenters. The molecule has 4 rings (SSSR count). The first-order valence-electron chi connectivity index (χ1n) is 11.8. The van der Waals surface area contributed by atoms with Crippen molar-refractivity contribution < 1.29 is 15.9 Å². The standard InChI is InChI=1S/2C15H17P.2ClH.Pd/c2*1-2-13-16(14-9-5-3-6-10-14)15-11-7-4-8-12-15;;;/h2*3-12H,2,13H2,1H3;2*1H;/q;;;;+2/p-2. The molecule has 188 valence electrons. The summed E-state index contributed by atoms with van der Waals surface area (Å²) in [6, 6.07) is 43.6. The molecule has 0 aliphatic heterocycles. The Morgan fingerprint density at radius 2 is 0.657 bits per heavy atom. The van der Waals surface area contributed by atoms with Gasteiger partial charge in [0.2, 0.25) is 0 Å². The average Bonchev–Trinajstić information content (AvgIpc) is 2.93. The van der Waals surface area contributed by atoms with E-state index in [4.69, 9.17) is 19.1 Å². The molecule has 4 aromatic rings. The summed E-state index contributed by atoms with van der Waals surface area (Å²) in [7, 11) is 9.33. The summed E-state index contributed by atoms with van der Waals surface area (Å²) in [6.45, 7) is 4.53. The van der Waals surface area contributed by atoms with E-state index in [1.165, 1.54) is 46.4 Å². The van der Waals surface area contributed by atoms with Crippen LogP contribution in [0.25, 0.3) is 0 Å². The Kier molecular flexibility index (Phi) is 16.5. The zero-order chi connectivity index (χ0) is 25.1. The molecule has 0 N–H and O–H groups in total. The van der Waals surface area contributed by atoms with E-state index in [-0.39, 0.29) is 31.8 Å². The van der Waals surface area contributed by atoms with Crippen LogP contribution in [0.15, 0.2) is 121 Å². The summed E-state index contributed by atoms with van der Waals surface area (Å²) in [5.41, 5.74) is 0. The quantitative estimate of drug-likeness (QED) is 0.135. The number of halogens is 2. The van der Waals surface area contributed by atoms with Gasteiger partial charge in [-0.1, -0.05) is 148 Å². The fourth-order valence-corrected chi connectivity index (χ4v) is 8.35. The molecule has 0 spiro atoms. The van der Waals surface area contributed by atoms with Crippen LogP contribution in [-0.2, 0) is 15.9 Å². The Balaban J connectivity index is 0.000000222. The van der Waals surface area contributed by atoms with Gasteiger partial charge >= 0.3 is 35.0 Å². The predicted octanol–water partition coefficient (Wildman–Crippen LogP) is 8.44. The fraction of sp³-hybridized carbons (Fsp3) is 0.200. The molecule has 0 atom stereocenters. The van der Waals surface area contributed by atoms with Crippen LogP contribution in [0.5, 0.6) is 0 Å². The fourth-order valence-electron chi connectivity index (χ4n) is 3.69. The van der Waals surface area contributed by atoms with Crippen LogP contribution >= 0.6 is 34.9 Å². The van der Waals surface area contributed by atoms with Crippen molar-refractivity contribution in [1.82, 2.24) is 0 Å². The van der Waals surface area contributed by atoms with Gasteiger partial charge in [0, 0.05) is 0 Å². The molecule has 4 aromatic carbocycles. The van der Waals surface area contributed by atoms with Crippen molar-refractivity contribution in [2.75, 3.05) is 12.3 Å². The maximum atomic E-state index is 4.81. The molecule has 0 heterocycles. The first-order chi connectivity index (χ1) is 17.2. The summed E-state index contributed by atoms with van der Waals surface area (Å²) < 4.78 is 0. The van der Waals surface area contributed by atoms with Gasteiger partial charge in [-0.15, -0.1) is 0 Å². The number of hydrogen-bond donors (Lipinski definition) is 0. The van der Waals surface area contributed by atoms with Gasteiger partial charge in [-0.2, -0.15) is 0 Å². The van der Waals surface area contributed by atoms with Crippen LogP contribution in [-0.4, -0.2) is 12.3 Å². The van der Waals surface area contributed by atoms with E-state index in [9.17, 15) is 0 Å². The summed E-state index contributed by atoms with van der Waals surface area (Å²) in [5, 5.41) is 5.97. The first kappa shape index (κ1) is 30.2. The minimum atomic E-state index is -0.151. The van der Waals surface area contributed by atoms with Gasteiger partial charge in [-0.05, 0) is 49.4 Å². The second-order valence-corrected chi connectivity index (χ2v) is 14.7. The van der Waals surface area contributed by atoms with Crippen molar-refractivity contribution in [2.24, 2.45) is 0 Å². The van der Waals surface area contributed by atoms with Gasteiger partial charge in [0.25, 0.3) is 0 Å². The monoisotopic (exact) mass is 632 g/mol. The normalized spacial score (nSPS) is 10.3. The molecular formula is C30H34Cl2P2Pd. The van der Waals surface area contributed by atoms with Crippen LogP contribution in [0.2, 0.25) is 0 Å². The van der Waals surface area contributed by atoms with Crippen molar-refractivity contribution in [3.05, 3.63) is 121 Å². The van der Waals surface area contributed by atoms with E-state index in [1.807, 2.05) is 0 Å². The average molecular weight is 634 g/mol. The molecule has 0 bridgehead atoms. The van der Waals surface area contributed by atoms with E-state index >= 15 is 0 Å². The third-order valence-corrected chi connectivity index (χ3v) is 10.6. The van der Waals surface area contributed by atoms with E-state index in [1.54, 1.807) is 0 Å². The molecular weight excluding hydrogens is 600 g/mol. The van der Waals surface area contributed by atoms with Gasteiger partial charge in [0.1, 0.15) is 0 Å². The molecule has 35 heavy (non-hydrogen) atoms. The van der Waals surface area contributed by atoms with Gasteiger partial charge in [-0.25, -0.2) is 0 Å². The molecule has 0 amide bonds. The third-order valence-electron chi connectivity index (χ3n) is 5.17. The predicted molar refractivity (Wildman–Crippen MR) is 160 cm³/mol. The van der Waals surface area contributed by atoms with Gasteiger partial charge < -0.3 is 0 Å². The Hall–Kier alpha value is -1.02. The van der Waals surface area contributed by atoms with Crippen LogP contribution < -0.4 is 21.2 Å². The van der Waals surface area contributed by atoms with Gasteiger partial charge in [0.05, 0.1) is 0 Å². The van der Waals surface area contributed by atoms with E-state index in [0.29, 0.717) is 0 Å². The topological polar surface area (TPSA) is 0 Å². The van der Waals surface area contributed by atoms with Crippen LogP contribution in [0.4, 0.5) is 0 Å². The second-order valence-electron chi connectivity index (χ2n) is 7.69. The summed E-state index contributed by atoms with van der Waals surface area (Å²) >= 11 is -0.106. The SMILES string of the molecule is CCCP(c1ccccc1)c1ccccc1.CCCP(c1ccccc1)c1ccccc1.[Cl][Pd][Cl]. The molecule has 5 heteroatoms. The Labute approximate surface area is 231 Å². The molecule has 0 aliphatic rings. The number of hydrogen-bond acceptors (Lipinski definition) is 0. The van der Waals surface area contributed by atoms with Crippen molar-refractivity contribution in [2.45, 2.75) is 26.7 Å². The Morgan fingerprint density at radius 3 is 0.829 bits per heavy atom. The minimum absolute atomic E-state index is 0.106. The number of benzene rings is 4. The molecule has 0 fully saturated rings. The number of rotatable bonds is 8. The van der Waals surface area contributed by atoms with Crippen molar-refractivity contribution in [1.29, 1.82) is 0 Å². The molecule has 0 saturated carbocycles. The molecule has 0 radical (unpaired) electrons. The molecule has 0 aromatic heterocycles. The maximum absolute atomic E-state index is 4.81. The molecule has 0 saturated heterocycles. The summed E-state index contributed by atoms with van der Waals surface area (Å²) in [5.74, 6) is 0. The molecule has 0 nitrogen and oxygen atoms in total. The van der Waals surface area contributed by atoms with Crippen LogP contribution in [0.3, 0.4) is 0 Å². The second kappa shape index (κ2) is 19.1. The van der Waals surface area contributed by atoms with Crippen LogP contribution in [0, 0.1) is 0 Å². The van der Waals surface area contributed by atoms with E-state index in [0.717, 1.165) is 0 Å². The van der Waals surface area contributed by atoms with E-state index in [2.05, 4.69) is 135 Å². The van der Waals surface area contributed by atoms with Gasteiger partial charge in [-0.3, -0.25) is 0 Å². The van der Waals surface area contributed by atoms with Crippen LogP contribution in [0.1, 0.15) is 26.7 Å². The van der Waals surface area contributed by atoms with Crippen molar-refractivity contribution in [3.8, 4) is 0 Å². The van der Waals surface area contributed by atoms with Gasteiger partial charge in [0.15, 0.2) is 0 Å². The summed E-state index contributed by atoms with van der Waals surface area (Å²) in [6.07, 6.45) is 5.05. The Bertz CT molecular complexity index is 855. The molecule has 0 aliphatic carbocycles. The van der Waals surface area contributed by atoms with E-state index < -0.39 is 0 Å². The van der Waals surface area contributed by atoms with Crippen molar-refractivity contribution >= 4 is 56.1 Å². The van der Waals surface area contributed by atoms with Crippen molar-refractivity contribution in [3.63, 3.8) is 0 Å². The summed E-state index contributed by atoms with van der Waals surface area (Å²) in [4.78, 5) is 0. The first-order valence-corrected chi connectivity index (χ1v) is 18.9. The zero-order valence-electron chi connectivity index (χ0n) is 20.3. The zero-order valence-corrected chi connectivity index (χ0v) is 25.2. The third kappa shape index (κ3) is 11.3. The Morgan fingerprint density at radius 1 is 0.457 bits per heavy atom.